The van der Waals surface area contributed by atoms with Crippen LogP contribution in [0, 0.1) is 0 Å². The fourth-order valence-corrected chi connectivity index (χ4v) is 15.9. The van der Waals surface area contributed by atoms with Gasteiger partial charge in [0.1, 0.15) is 0 Å². The van der Waals surface area contributed by atoms with Gasteiger partial charge in [0.15, 0.2) is 0 Å². The molecular weight excluding hydrogens is 292 g/mol. The van der Waals surface area contributed by atoms with E-state index in [1.807, 2.05) is 5.57 Å². The van der Waals surface area contributed by atoms with Crippen LogP contribution in [0.2, 0.25) is 44.6 Å². The molecule has 0 N–H and O–H groups in total. The summed E-state index contributed by atoms with van der Waals surface area (Å²) in [5.74, 6) is 0. The van der Waals surface area contributed by atoms with Gasteiger partial charge in [0.05, 0.1) is 0 Å². The second-order valence-corrected chi connectivity index (χ2v) is 22.6. The summed E-state index contributed by atoms with van der Waals surface area (Å²) in [7, 11) is -1.07. The van der Waals surface area contributed by atoms with Crippen LogP contribution < -0.4 is 0 Å². The molecule has 0 nitrogen and oxygen atoms in total. The van der Waals surface area contributed by atoms with Gasteiger partial charge in [-0.2, -0.15) is 0 Å². The minimum atomic E-state index is -1.83. The summed E-state index contributed by atoms with van der Waals surface area (Å²) in [5, 5.41) is 8.01. The summed E-state index contributed by atoms with van der Waals surface area (Å²) in [5.41, 5.74) is 5.43. The average Bonchev–Trinajstić information content (AvgIpc) is 2.62. The topological polar surface area (TPSA) is 0 Å². The monoisotopic (exact) mass is 326 g/mol. The molecule has 0 amide bonds. The number of hydrogen-bond donors (Lipinski definition) is 0. The third kappa shape index (κ3) is 2.71. The fraction of sp³-hybridized carbons (Fsp3) is 0.778. The van der Waals surface area contributed by atoms with Gasteiger partial charge in [-0.05, 0) is 0 Å². The molecule has 0 aliphatic heterocycles. The van der Waals surface area contributed by atoms with Gasteiger partial charge in [-0.25, -0.2) is 0 Å². The van der Waals surface area contributed by atoms with Crippen molar-refractivity contribution < 1.29 is 16.6 Å². The van der Waals surface area contributed by atoms with E-state index in [2.05, 4.69) is 48.7 Å². The van der Waals surface area contributed by atoms with Gasteiger partial charge in [-0.1, -0.05) is 0 Å². The molecule has 2 aliphatic carbocycles. The van der Waals surface area contributed by atoms with Crippen molar-refractivity contribution in [2.75, 3.05) is 0 Å². The van der Waals surface area contributed by atoms with E-state index in [0.29, 0.717) is 3.72 Å². The van der Waals surface area contributed by atoms with Gasteiger partial charge in [-0.3, -0.25) is 0 Å². The van der Waals surface area contributed by atoms with E-state index in [-0.39, 0.29) is 0 Å². The molecule has 0 aromatic heterocycles. The maximum atomic E-state index is 2.67. The van der Waals surface area contributed by atoms with Crippen molar-refractivity contribution in [2.45, 2.75) is 84.1 Å². The molecular formula is C18H34SiTi. The molecule has 114 valence electrons. The van der Waals surface area contributed by atoms with Gasteiger partial charge in [0.25, 0.3) is 0 Å². The molecule has 0 radical (unpaired) electrons. The molecule has 2 heteroatoms. The normalized spacial score (nSPS) is 27.6. The average molecular weight is 326 g/mol. The zero-order valence-electron chi connectivity index (χ0n) is 14.8. The van der Waals surface area contributed by atoms with Gasteiger partial charge in [0, 0.05) is 0 Å². The van der Waals surface area contributed by atoms with E-state index in [4.69, 9.17) is 0 Å². The zero-order valence-corrected chi connectivity index (χ0v) is 17.4. The van der Waals surface area contributed by atoms with Crippen LogP contribution in [0.5, 0.6) is 0 Å². The van der Waals surface area contributed by atoms with Crippen molar-refractivity contribution in [1.82, 2.24) is 0 Å². The molecule has 0 aromatic carbocycles. The second kappa shape index (κ2) is 5.56. The Morgan fingerprint density at radius 2 is 1.75 bits per heavy atom. The van der Waals surface area contributed by atoms with E-state index in [0.717, 1.165) is 0 Å². The molecule has 1 atom stereocenters. The van der Waals surface area contributed by atoms with Crippen molar-refractivity contribution in [3.63, 3.8) is 0 Å². The SMILES string of the molecule is CC[Si](C)(C)C[C]1([Ti]([CH3])([CH3])[CH3])C(C)=CC2=C1CCCC2. The quantitative estimate of drug-likeness (QED) is 0.488. The Morgan fingerprint density at radius 3 is 2.30 bits per heavy atom. The summed E-state index contributed by atoms with van der Waals surface area (Å²) in [6.45, 7) is 10.1. The van der Waals surface area contributed by atoms with Crippen LogP contribution >= 0.6 is 0 Å². The third-order valence-corrected chi connectivity index (χ3v) is 15.4. The fourth-order valence-electron chi connectivity index (χ4n) is 4.60. The first kappa shape index (κ1) is 16.8. The van der Waals surface area contributed by atoms with Crippen LogP contribution in [-0.4, -0.2) is 8.07 Å². The maximum absolute atomic E-state index is 2.67. The third-order valence-electron chi connectivity index (χ3n) is 6.07. The van der Waals surface area contributed by atoms with E-state index in [9.17, 15) is 0 Å². The molecule has 0 spiro atoms. The predicted molar refractivity (Wildman–Crippen MR) is 92.3 cm³/mol. The standard InChI is InChI=1S/C15H25Si.3CH3.Ti/c1-5-16(3,4)11-15-12(2)10-13-8-6-7-9-14(13)15;;;;/h10H,5-9,11H2,1-4H3;3*1H3;. The van der Waals surface area contributed by atoms with Crippen LogP contribution in [-0.2, 0) is 16.6 Å². The zero-order chi connectivity index (χ0) is 15.2. The molecule has 2 rings (SSSR count). The Bertz CT molecular complexity index is 451. The molecule has 0 heterocycles. The summed E-state index contributed by atoms with van der Waals surface area (Å²) >= 11 is -1.83. The molecule has 0 saturated carbocycles. The van der Waals surface area contributed by atoms with Crippen LogP contribution in [0.25, 0.3) is 0 Å². The molecule has 0 fully saturated rings. The molecule has 2 aliphatic rings. The minimum absolute atomic E-state index is 0.557. The summed E-state index contributed by atoms with van der Waals surface area (Å²) in [6.07, 6.45) is 8.24. The molecule has 0 aromatic rings. The van der Waals surface area contributed by atoms with Gasteiger partial charge >= 0.3 is 132 Å². The predicted octanol–water partition coefficient (Wildman–Crippen LogP) is 7.00. The Labute approximate surface area is 131 Å². The second-order valence-electron chi connectivity index (χ2n) is 8.89. The first-order valence-corrected chi connectivity index (χ1v) is 17.4. The molecule has 20 heavy (non-hydrogen) atoms. The van der Waals surface area contributed by atoms with Crippen molar-refractivity contribution in [2.24, 2.45) is 0 Å². The first-order chi connectivity index (χ1) is 9.14. The van der Waals surface area contributed by atoms with E-state index in [1.165, 1.54) is 37.8 Å². The first-order valence-electron chi connectivity index (χ1n) is 8.55. The number of rotatable bonds is 4. The van der Waals surface area contributed by atoms with Crippen molar-refractivity contribution in [3.05, 3.63) is 22.8 Å². The van der Waals surface area contributed by atoms with Gasteiger partial charge in [-0.15, -0.1) is 0 Å². The van der Waals surface area contributed by atoms with Crippen molar-refractivity contribution in [3.8, 4) is 0 Å². The Morgan fingerprint density at radius 1 is 1.15 bits per heavy atom. The number of allylic oxidation sites excluding steroid dienone is 4. The van der Waals surface area contributed by atoms with Gasteiger partial charge in [0.2, 0.25) is 0 Å². The van der Waals surface area contributed by atoms with E-state index in [1.54, 1.807) is 11.1 Å². The van der Waals surface area contributed by atoms with Crippen molar-refractivity contribution >= 4 is 8.07 Å². The summed E-state index contributed by atoms with van der Waals surface area (Å²) in [4.78, 5) is 0. The Hall–Kier alpha value is 0.411. The van der Waals surface area contributed by atoms with Crippen LogP contribution in [0.3, 0.4) is 0 Å². The van der Waals surface area contributed by atoms with Crippen LogP contribution in [0.15, 0.2) is 22.8 Å². The van der Waals surface area contributed by atoms with E-state index >= 15 is 0 Å². The van der Waals surface area contributed by atoms with Crippen molar-refractivity contribution in [1.29, 1.82) is 0 Å². The number of hydrogen-bond acceptors (Lipinski definition) is 0. The molecule has 1 unspecified atom stereocenters. The molecule has 0 bridgehead atoms. The van der Waals surface area contributed by atoms with Crippen LogP contribution in [0.1, 0.15) is 39.5 Å². The van der Waals surface area contributed by atoms with Gasteiger partial charge < -0.3 is 0 Å². The summed E-state index contributed by atoms with van der Waals surface area (Å²) in [6, 6.07) is 2.96. The summed E-state index contributed by atoms with van der Waals surface area (Å²) < 4.78 is 0.557. The Kier molecular flexibility index (Phi) is 4.66. The van der Waals surface area contributed by atoms with Crippen LogP contribution in [0.4, 0.5) is 0 Å². The Balaban J connectivity index is 2.53. The van der Waals surface area contributed by atoms with E-state index < -0.39 is 24.7 Å². The molecule has 0 saturated heterocycles.